The van der Waals surface area contributed by atoms with Gasteiger partial charge in [0.25, 0.3) is 0 Å². The van der Waals surface area contributed by atoms with Gasteiger partial charge in [0.1, 0.15) is 0 Å². The molecule has 0 radical (unpaired) electrons. The van der Waals surface area contributed by atoms with Gasteiger partial charge >= 0.3 is 121 Å². The van der Waals surface area contributed by atoms with E-state index in [1.807, 2.05) is 43.3 Å². The maximum atomic E-state index is 12.5. The van der Waals surface area contributed by atoms with E-state index in [-0.39, 0.29) is 19.9 Å². The summed E-state index contributed by atoms with van der Waals surface area (Å²) in [5.41, 5.74) is 2.83. The van der Waals surface area contributed by atoms with Gasteiger partial charge in [0.15, 0.2) is 0 Å². The van der Waals surface area contributed by atoms with Crippen LogP contribution in [0.5, 0.6) is 0 Å². The summed E-state index contributed by atoms with van der Waals surface area (Å²) in [4.78, 5) is 21.6. The van der Waals surface area contributed by atoms with Crippen molar-refractivity contribution in [1.82, 2.24) is 9.97 Å². The van der Waals surface area contributed by atoms with Gasteiger partial charge in [-0.05, 0) is 0 Å². The Bertz CT molecular complexity index is 990. The average Bonchev–Trinajstić information content (AvgIpc) is 2.51. The van der Waals surface area contributed by atoms with Crippen LogP contribution in [0.15, 0.2) is 47.4 Å². The summed E-state index contributed by atoms with van der Waals surface area (Å²) in [5, 5.41) is 1.71. The predicted octanol–water partition coefficient (Wildman–Crippen LogP) is 2.61. The fraction of sp³-hybridized carbons (Fsp3) is 0.0625. The van der Waals surface area contributed by atoms with E-state index in [1.165, 1.54) is 0 Å². The molecule has 96 valence electrons. The number of pyridine rings is 1. The van der Waals surface area contributed by atoms with Crippen LogP contribution in [0.25, 0.3) is 30.8 Å². The van der Waals surface area contributed by atoms with Crippen molar-refractivity contribution in [2.45, 2.75) is 6.92 Å². The minimum absolute atomic E-state index is 0.0426. The van der Waals surface area contributed by atoms with Crippen LogP contribution < -0.4 is 5.43 Å². The summed E-state index contributed by atoms with van der Waals surface area (Å²) in [6.07, 6.45) is 1.79. The second-order valence-electron chi connectivity index (χ2n) is 4.72. The summed E-state index contributed by atoms with van der Waals surface area (Å²) in [6, 6.07) is 11.6. The fourth-order valence-corrected chi connectivity index (χ4v) is 4.64. The van der Waals surface area contributed by atoms with Crippen molar-refractivity contribution >= 4 is 35.2 Å². The van der Waals surface area contributed by atoms with Gasteiger partial charge in [-0.15, -0.1) is 0 Å². The van der Waals surface area contributed by atoms with Crippen molar-refractivity contribution in [2.24, 2.45) is 0 Å². The zero-order chi connectivity index (χ0) is 13.7. The molecule has 0 spiro atoms. The molecular formula is C16H10N2OSe. The van der Waals surface area contributed by atoms with Crippen LogP contribution in [0.4, 0.5) is 0 Å². The Hall–Kier alpha value is -2.03. The zero-order valence-electron chi connectivity index (χ0n) is 10.8. The molecule has 4 heteroatoms. The summed E-state index contributed by atoms with van der Waals surface area (Å²) in [6.45, 7) is 1.90. The second-order valence-corrected chi connectivity index (χ2v) is 6.82. The molecule has 0 saturated heterocycles. The Morgan fingerprint density at radius 3 is 2.70 bits per heavy atom. The molecule has 2 heterocycles. The normalized spacial score (nSPS) is 11.4. The third-order valence-electron chi connectivity index (χ3n) is 3.51. The van der Waals surface area contributed by atoms with Crippen LogP contribution in [-0.4, -0.2) is 24.5 Å². The molecule has 0 bridgehead atoms. The zero-order valence-corrected chi connectivity index (χ0v) is 12.5. The van der Waals surface area contributed by atoms with E-state index in [0.29, 0.717) is 0 Å². The third-order valence-corrected chi connectivity index (χ3v) is 6.05. The minimum atomic E-state index is 0.0426. The first-order valence-corrected chi connectivity index (χ1v) is 8.04. The van der Waals surface area contributed by atoms with Crippen LogP contribution in [-0.2, 0) is 0 Å². The van der Waals surface area contributed by atoms with Crippen LogP contribution in [0.1, 0.15) is 5.56 Å². The first kappa shape index (κ1) is 11.8. The maximum absolute atomic E-state index is 12.5. The van der Waals surface area contributed by atoms with Gasteiger partial charge in [-0.1, -0.05) is 0 Å². The first-order valence-electron chi connectivity index (χ1n) is 6.32. The summed E-state index contributed by atoms with van der Waals surface area (Å²) >= 11 is 0.0426. The molecule has 0 fully saturated rings. The molecule has 2 aliphatic rings. The number of aromatic nitrogens is 2. The van der Waals surface area contributed by atoms with Gasteiger partial charge in [0, 0.05) is 0 Å². The molecule has 2 aromatic rings. The predicted molar refractivity (Wildman–Crippen MR) is 81.6 cm³/mol. The monoisotopic (exact) mass is 326 g/mol. The van der Waals surface area contributed by atoms with E-state index in [1.54, 1.807) is 6.20 Å². The SMILES string of the molecule is Cc1c2[se]c3ncccc3nc-2c2ccccc2c1=O. The van der Waals surface area contributed by atoms with Gasteiger partial charge < -0.3 is 0 Å². The number of hydrogen-bond donors (Lipinski definition) is 0. The molecule has 0 saturated carbocycles. The molecule has 0 unspecified atom stereocenters. The molecular weight excluding hydrogens is 315 g/mol. The van der Waals surface area contributed by atoms with Gasteiger partial charge in [-0.2, -0.15) is 0 Å². The van der Waals surface area contributed by atoms with Crippen LogP contribution >= 0.6 is 0 Å². The second kappa shape index (κ2) is 4.23. The molecule has 3 nitrogen and oxygen atoms in total. The van der Waals surface area contributed by atoms with Gasteiger partial charge in [0.05, 0.1) is 0 Å². The molecule has 0 N–H and O–H groups in total. The molecule has 0 amide bonds. The topological polar surface area (TPSA) is 42.9 Å². The summed E-state index contributed by atoms with van der Waals surface area (Å²) in [5.74, 6) is 0. The van der Waals surface area contributed by atoms with E-state index in [4.69, 9.17) is 4.98 Å². The molecule has 4 rings (SSSR count). The third kappa shape index (κ3) is 1.56. The Morgan fingerprint density at radius 1 is 1.05 bits per heavy atom. The molecule has 20 heavy (non-hydrogen) atoms. The van der Waals surface area contributed by atoms with Crippen LogP contribution in [0.2, 0.25) is 0 Å². The molecule has 1 aliphatic heterocycles. The van der Waals surface area contributed by atoms with Crippen molar-refractivity contribution in [3.8, 4) is 10.1 Å². The van der Waals surface area contributed by atoms with Gasteiger partial charge in [-0.3, -0.25) is 0 Å². The number of benzene rings is 2. The Balaban J connectivity index is 2.34. The summed E-state index contributed by atoms with van der Waals surface area (Å²) < 4.78 is 2.08. The standard InChI is InChI=1S/C16H10N2OSe/c1-9-14(19)11-6-3-2-5-10(11)13-15(9)20-16-12(18-13)7-4-8-17-16/h2-8H,1H3. The van der Waals surface area contributed by atoms with E-state index < -0.39 is 0 Å². The number of rotatable bonds is 0. The molecule has 0 atom stereocenters. The van der Waals surface area contributed by atoms with Gasteiger partial charge in [0.2, 0.25) is 0 Å². The van der Waals surface area contributed by atoms with Crippen molar-refractivity contribution in [3.05, 3.63) is 58.4 Å². The van der Waals surface area contributed by atoms with Crippen LogP contribution in [0.3, 0.4) is 0 Å². The molecule has 1 aromatic carbocycles. The Kier molecular flexibility index (Phi) is 2.49. The van der Waals surface area contributed by atoms with E-state index in [0.717, 1.165) is 36.4 Å². The van der Waals surface area contributed by atoms with E-state index in [2.05, 4.69) is 4.98 Å². The van der Waals surface area contributed by atoms with Crippen molar-refractivity contribution in [3.63, 3.8) is 0 Å². The molecule has 1 aliphatic carbocycles. The first-order chi connectivity index (χ1) is 9.75. The van der Waals surface area contributed by atoms with Crippen molar-refractivity contribution in [1.29, 1.82) is 0 Å². The van der Waals surface area contributed by atoms with E-state index >= 15 is 0 Å². The van der Waals surface area contributed by atoms with E-state index in [9.17, 15) is 4.79 Å². The average molecular weight is 325 g/mol. The summed E-state index contributed by atoms with van der Waals surface area (Å²) in [7, 11) is 0. The van der Waals surface area contributed by atoms with Crippen LogP contribution in [0, 0.1) is 6.92 Å². The van der Waals surface area contributed by atoms with Crippen molar-refractivity contribution in [2.75, 3.05) is 0 Å². The van der Waals surface area contributed by atoms with Crippen molar-refractivity contribution < 1.29 is 0 Å². The van der Waals surface area contributed by atoms with Gasteiger partial charge in [-0.25, -0.2) is 0 Å². The number of nitrogens with zero attached hydrogens (tertiary/aromatic N) is 2. The quantitative estimate of drug-likeness (QED) is 0.284. The fourth-order valence-electron chi connectivity index (χ4n) is 2.49. The Labute approximate surface area is 121 Å². The number of hydrogen-bond acceptors (Lipinski definition) is 3. The Morgan fingerprint density at radius 2 is 1.85 bits per heavy atom. The number of fused-ring (bicyclic) bond motifs is 4. The molecule has 1 aromatic heterocycles.